The summed E-state index contributed by atoms with van der Waals surface area (Å²) < 4.78 is 4.50. The van der Waals surface area contributed by atoms with Crippen LogP contribution in [0.1, 0.15) is 18.7 Å². The van der Waals surface area contributed by atoms with Crippen molar-refractivity contribution in [2.75, 3.05) is 0 Å². The zero-order valence-electron chi connectivity index (χ0n) is 27.1. The van der Waals surface area contributed by atoms with Gasteiger partial charge in [-0.1, -0.05) is 109 Å². The number of pyridine rings is 1. The summed E-state index contributed by atoms with van der Waals surface area (Å²) in [5.74, 6) is 1.99. The number of allylic oxidation sites excluding steroid dienone is 4. The highest BCUT2D eigenvalue weighted by Crippen LogP contribution is 2.40. The first-order valence-corrected chi connectivity index (χ1v) is 17.0. The van der Waals surface area contributed by atoms with Crippen molar-refractivity contribution in [3.8, 4) is 34.2 Å². The molecule has 6 heteroatoms. The van der Waals surface area contributed by atoms with Crippen molar-refractivity contribution in [2.24, 2.45) is 0 Å². The molecule has 1 aliphatic rings. The van der Waals surface area contributed by atoms with E-state index < -0.39 is 0 Å². The lowest BCUT2D eigenvalue weighted by atomic mass is 10.00. The highest BCUT2D eigenvalue weighted by Gasteiger charge is 2.21. The maximum absolute atomic E-state index is 5.14. The summed E-state index contributed by atoms with van der Waals surface area (Å²) >= 11 is 0. The van der Waals surface area contributed by atoms with Gasteiger partial charge < -0.3 is 4.57 Å². The van der Waals surface area contributed by atoms with Gasteiger partial charge in [-0.15, -0.1) is 0 Å². The molecule has 50 heavy (non-hydrogen) atoms. The molecule has 236 valence electrons. The fourth-order valence-electron chi connectivity index (χ4n) is 7.46. The van der Waals surface area contributed by atoms with Crippen LogP contribution in [0.4, 0.5) is 0 Å². The third-order valence-electron chi connectivity index (χ3n) is 9.74. The molecule has 10 rings (SSSR count). The second kappa shape index (κ2) is 11.5. The quantitative estimate of drug-likeness (QED) is 0.187. The van der Waals surface area contributed by atoms with E-state index in [-0.39, 0.29) is 0 Å². The maximum Gasteiger partial charge on any atom is 0.238 e. The lowest BCUT2D eigenvalue weighted by Gasteiger charge is -2.13. The fraction of sp³-hybridized carbons (Fsp3) is 0.0455. The predicted molar refractivity (Wildman–Crippen MR) is 204 cm³/mol. The van der Waals surface area contributed by atoms with Crippen LogP contribution in [-0.2, 0) is 0 Å². The van der Waals surface area contributed by atoms with Crippen LogP contribution in [0.3, 0.4) is 0 Å². The monoisotopic (exact) mass is 642 g/mol. The van der Waals surface area contributed by atoms with E-state index in [9.17, 15) is 0 Å². The average molecular weight is 643 g/mol. The number of hydrogen-bond donors (Lipinski definition) is 0. The standard InChI is InChI=1S/C44H30N6/c1-4-14-29(15-5-1)42-46-43(30-16-6-2-7-17-30)48-44(47-42)50-37-22-12-10-20-33(37)35-26-31(24-25-39(35)50)36-27-45-28-40-41(36)34-21-11-13-23-38(34)49(40)32-18-8-3-9-19-32/h1-6,8-16,18-28H,7,17H2. The summed E-state index contributed by atoms with van der Waals surface area (Å²) in [5.41, 5.74) is 9.71. The van der Waals surface area contributed by atoms with Gasteiger partial charge in [0, 0.05) is 44.6 Å². The summed E-state index contributed by atoms with van der Waals surface area (Å²) in [5, 5.41) is 4.65. The van der Waals surface area contributed by atoms with Crippen molar-refractivity contribution < 1.29 is 0 Å². The first-order chi connectivity index (χ1) is 24.8. The SMILES string of the molecule is C1=CCCC(c2nc(-c3ccccc3)nc(-n3c4ccccc4c4cc(-c5cncc6c5c5ccccc5n6-c5ccccc5)ccc43)n2)=C1. The fourth-order valence-corrected chi connectivity index (χ4v) is 7.46. The molecular weight excluding hydrogens is 613 g/mol. The number of aromatic nitrogens is 6. The molecule has 0 atom stereocenters. The van der Waals surface area contributed by atoms with Gasteiger partial charge in [-0.3, -0.25) is 9.55 Å². The Morgan fingerprint density at radius 2 is 1.22 bits per heavy atom. The van der Waals surface area contributed by atoms with E-state index in [2.05, 4.69) is 137 Å². The minimum absolute atomic E-state index is 0.609. The van der Waals surface area contributed by atoms with Crippen molar-refractivity contribution in [3.05, 3.63) is 164 Å². The molecule has 6 nitrogen and oxygen atoms in total. The van der Waals surface area contributed by atoms with Crippen LogP contribution in [0.5, 0.6) is 0 Å². The highest BCUT2D eigenvalue weighted by molar-refractivity contribution is 6.17. The summed E-state index contributed by atoms with van der Waals surface area (Å²) in [6.07, 6.45) is 12.3. The van der Waals surface area contributed by atoms with E-state index in [1.165, 1.54) is 10.8 Å². The Balaban J connectivity index is 1.21. The third kappa shape index (κ3) is 4.49. The Bertz CT molecular complexity index is 2810. The molecule has 0 amide bonds. The lowest BCUT2D eigenvalue weighted by molar-refractivity contribution is 0.913. The van der Waals surface area contributed by atoms with Gasteiger partial charge >= 0.3 is 0 Å². The Kier molecular flexibility index (Phi) is 6.52. The van der Waals surface area contributed by atoms with Crippen LogP contribution in [0.15, 0.2) is 158 Å². The average Bonchev–Trinajstić information content (AvgIpc) is 3.71. The molecule has 0 N–H and O–H groups in total. The van der Waals surface area contributed by atoms with Gasteiger partial charge in [0.15, 0.2) is 11.6 Å². The Morgan fingerprint density at radius 1 is 0.520 bits per heavy atom. The minimum Gasteiger partial charge on any atom is -0.308 e. The number of nitrogens with zero attached hydrogens (tertiary/aromatic N) is 6. The lowest BCUT2D eigenvalue weighted by Crippen LogP contribution is -2.08. The maximum atomic E-state index is 5.14. The Labute approximate surface area is 288 Å². The molecular formula is C44H30N6. The summed E-state index contributed by atoms with van der Waals surface area (Å²) in [7, 11) is 0. The molecule has 0 aliphatic heterocycles. The third-order valence-corrected chi connectivity index (χ3v) is 9.74. The number of fused-ring (bicyclic) bond motifs is 6. The zero-order chi connectivity index (χ0) is 33.0. The minimum atomic E-state index is 0.609. The van der Waals surface area contributed by atoms with E-state index in [1.54, 1.807) is 0 Å². The molecule has 0 saturated heterocycles. The van der Waals surface area contributed by atoms with Gasteiger partial charge in [0.1, 0.15) is 0 Å². The van der Waals surface area contributed by atoms with Crippen molar-refractivity contribution >= 4 is 49.2 Å². The number of para-hydroxylation sites is 3. The van der Waals surface area contributed by atoms with Gasteiger partial charge in [-0.2, -0.15) is 9.97 Å². The van der Waals surface area contributed by atoms with Gasteiger partial charge in [0.05, 0.1) is 28.3 Å². The van der Waals surface area contributed by atoms with Crippen molar-refractivity contribution in [2.45, 2.75) is 12.8 Å². The topological polar surface area (TPSA) is 61.4 Å². The zero-order valence-corrected chi connectivity index (χ0v) is 27.1. The van der Waals surface area contributed by atoms with Crippen molar-refractivity contribution in [3.63, 3.8) is 0 Å². The number of benzene rings is 5. The Hall–Kier alpha value is -6.66. The normalized spacial score (nSPS) is 13.1. The van der Waals surface area contributed by atoms with Crippen molar-refractivity contribution in [1.29, 1.82) is 0 Å². The smallest absolute Gasteiger partial charge is 0.238 e. The first kappa shape index (κ1) is 28.4. The van der Waals surface area contributed by atoms with E-state index in [4.69, 9.17) is 19.9 Å². The van der Waals surface area contributed by atoms with Gasteiger partial charge in [-0.05, 0) is 60.4 Å². The van der Waals surface area contributed by atoms with Crippen LogP contribution in [0.2, 0.25) is 0 Å². The van der Waals surface area contributed by atoms with Crippen LogP contribution in [0.25, 0.3) is 83.3 Å². The van der Waals surface area contributed by atoms with Crippen LogP contribution < -0.4 is 0 Å². The van der Waals surface area contributed by atoms with Crippen LogP contribution in [0, 0.1) is 0 Å². The summed E-state index contributed by atoms with van der Waals surface area (Å²) in [6.45, 7) is 0. The summed E-state index contributed by atoms with van der Waals surface area (Å²) in [6, 6.07) is 44.5. The molecule has 0 bridgehead atoms. The predicted octanol–water partition coefficient (Wildman–Crippen LogP) is 10.5. The molecule has 1 aliphatic carbocycles. The molecule has 0 saturated carbocycles. The molecule has 4 aromatic heterocycles. The largest absolute Gasteiger partial charge is 0.308 e. The molecule has 0 unspecified atom stereocenters. The second-order valence-electron chi connectivity index (χ2n) is 12.7. The molecule has 9 aromatic rings. The number of rotatable bonds is 5. The van der Waals surface area contributed by atoms with Crippen LogP contribution >= 0.6 is 0 Å². The van der Waals surface area contributed by atoms with Crippen LogP contribution in [-0.4, -0.2) is 29.1 Å². The van der Waals surface area contributed by atoms with E-state index >= 15 is 0 Å². The highest BCUT2D eigenvalue weighted by atomic mass is 15.2. The van der Waals surface area contributed by atoms with E-state index in [0.717, 1.165) is 73.6 Å². The summed E-state index contributed by atoms with van der Waals surface area (Å²) in [4.78, 5) is 20.0. The van der Waals surface area contributed by atoms with Gasteiger partial charge in [0.2, 0.25) is 5.95 Å². The van der Waals surface area contributed by atoms with Crippen molar-refractivity contribution in [1.82, 2.24) is 29.1 Å². The van der Waals surface area contributed by atoms with Gasteiger partial charge in [0.25, 0.3) is 0 Å². The molecule has 0 fully saturated rings. The molecule has 0 spiro atoms. The number of hydrogen-bond acceptors (Lipinski definition) is 4. The van der Waals surface area contributed by atoms with Gasteiger partial charge in [-0.25, -0.2) is 4.98 Å². The Morgan fingerprint density at radius 3 is 2.02 bits per heavy atom. The van der Waals surface area contributed by atoms with E-state index in [0.29, 0.717) is 17.6 Å². The van der Waals surface area contributed by atoms with E-state index in [1.807, 2.05) is 30.6 Å². The second-order valence-corrected chi connectivity index (χ2v) is 12.7. The molecule has 0 radical (unpaired) electrons. The molecule has 5 aromatic carbocycles. The molecule has 4 heterocycles. The first-order valence-electron chi connectivity index (χ1n) is 17.0.